The highest BCUT2D eigenvalue weighted by Gasteiger charge is 2.24. The second-order valence-electron chi connectivity index (χ2n) is 8.12. The normalized spacial score (nSPS) is 11.0. The third-order valence-electron chi connectivity index (χ3n) is 5.86. The van der Waals surface area contributed by atoms with Gasteiger partial charge in [0.2, 0.25) is 0 Å². The minimum Gasteiger partial charge on any atom is -0.318 e. The van der Waals surface area contributed by atoms with Crippen LogP contribution in [-0.4, -0.2) is 9.13 Å². The smallest absolute Gasteiger partial charge is 0.294 e. The summed E-state index contributed by atoms with van der Waals surface area (Å²) in [5.41, 5.74) is 10.1. The first-order valence-electron chi connectivity index (χ1n) is 10.2. The summed E-state index contributed by atoms with van der Waals surface area (Å²) in [6.45, 7) is 10.7. The highest BCUT2D eigenvalue weighted by molar-refractivity contribution is 5.65. The lowest BCUT2D eigenvalue weighted by molar-refractivity contribution is -0.659. The molecule has 2 aromatic heterocycles. The first kappa shape index (κ1) is 19.7. The van der Waals surface area contributed by atoms with Crippen molar-refractivity contribution in [3.63, 3.8) is 0 Å². The molecule has 0 saturated carbocycles. The van der Waals surface area contributed by atoms with Crippen molar-refractivity contribution in [2.24, 2.45) is 7.05 Å². The van der Waals surface area contributed by atoms with Gasteiger partial charge in [0.15, 0.2) is 0 Å². The minimum atomic E-state index is 0.672. The van der Waals surface area contributed by atoms with Gasteiger partial charge in [0.25, 0.3) is 5.82 Å². The van der Waals surface area contributed by atoms with Crippen molar-refractivity contribution in [3.8, 4) is 28.8 Å². The van der Waals surface area contributed by atoms with Crippen molar-refractivity contribution in [1.29, 1.82) is 5.26 Å². The number of nitriles is 1. The fraction of sp³-hybridized carbons (Fsp3) is 0.231. The van der Waals surface area contributed by atoms with E-state index in [0.29, 0.717) is 5.56 Å². The van der Waals surface area contributed by atoms with Crippen LogP contribution in [0.5, 0.6) is 0 Å². The van der Waals surface area contributed by atoms with Crippen LogP contribution in [0.2, 0.25) is 0 Å². The van der Waals surface area contributed by atoms with Crippen LogP contribution < -0.4 is 4.57 Å². The fourth-order valence-electron chi connectivity index (χ4n) is 4.43. The highest BCUT2D eigenvalue weighted by Crippen LogP contribution is 2.30. The molecule has 4 aromatic rings. The molecule has 2 heterocycles. The van der Waals surface area contributed by atoms with Gasteiger partial charge in [-0.1, -0.05) is 6.07 Å². The van der Waals surface area contributed by atoms with Crippen molar-refractivity contribution in [2.45, 2.75) is 34.6 Å². The van der Waals surface area contributed by atoms with Gasteiger partial charge < -0.3 is 4.57 Å². The molecular formula is C26H27N4+. The van der Waals surface area contributed by atoms with Crippen molar-refractivity contribution in [2.75, 3.05) is 0 Å². The molecule has 0 aliphatic rings. The Morgan fingerprint density at radius 1 is 0.833 bits per heavy atom. The second-order valence-corrected chi connectivity index (χ2v) is 8.12. The first-order chi connectivity index (χ1) is 14.3. The van der Waals surface area contributed by atoms with E-state index in [9.17, 15) is 5.26 Å². The van der Waals surface area contributed by atoms with E-state index in [0.717, 1.165) is 17.0 Å². The molecular weight excluding hydrogens is 368 g/mol. The Balaban J connectivity index is 1.93. The van der Waals surface area contributed by atoms with Crippen LogP contribution in [0.1, 0.15) is 33.6 Å². The molecule has 0 fully saturated rings. The molecule has 0 radical (unpaired) electrons. The number of rotatable bonds is 3. The second kappa shape index (κ2) is 7.35. The van der Waals surface area contributed by atoms with E-state index in [1.165, 1.54) is 33.9 Å². The van der Waals surface area contributed by atoms with Gasteiger partial charge in [-0.05, 0) is 87.7 Å². The topological polar surface area (TPSA) is 37.5 Å². The van der Waals surface area contributed by atoms with Crippen LogP contribution in [0, 0.1) is 45.9 Å². The fourth-order valence-corrected chi connectivity index (χ4v) is 4.43. The molecule has 0 bridgehead atoms. The van der Waals surface area contributed by atoms with Crippen molar-refractivity contribution >= 4 is 0 Å². The number of hydrogen-bond acceptors (Lipinski definition) is 1. The van der Waals surface area contributed by atoms with E-state index in [1.807, 2.05) is 18.2 Å². The molecule has 0 saturated heterocycles. The van der Waals surface area contributed by atoms with Crippen LogP contribution in [0.15, 0.2) is 54.9 Å². The predicted octanol–water partition coefficient (Wildman–Crippen LogP) is 5.17. The Morgan fingerprint density at radius 2 is 1.47 bits per heavy atom. The third kappa shape index (κ3) is 3.13. The average molecular weight is 396 g/mol. The van der Waals surface area contributed by atoms with Gasteiger partial charge in [-0.2, -0.15) is 9.83 Å². The van der Waals surface area contributed by atoms with Gasteiger partial charge in [-0.15, -0.1) is 0 Å². The molecule has 0 atom stereocenters. The lowest BCUT2D eigenvalue weighted by Gasteiger charge is -2.15. The van der Waals surface area contributed by atoms with E-state index >= 15 is 0 Å². The van der Waals surface area contributed by atoms with Crippen molar-refractivity contribution < 1.29 is 4.57 Å². The summed E-state index contributed by atoms with van der Waals surface area (Å²) in [4.78, 5) is 0. The molecule has 150 valence electrons. The summed E-state index contributed by atoms with van der Waals surface area (Å²) < 4.78 is 6.66. The van der Waals surface area contributed by atoms with Gasteiger partial charge in [-0.3, -0.25) is 0 Å². The summed E-state index contributed by atoms with van der Waals surface area (Å²) >= 11 is 0. The Hall–Kier alpha value is -3.58. The molecule has 0 N–H and O–H groups in total. The van der Waals surface area contributed by atoms with Crippen molar-refractivity contribution in [3.05, 3.63) is 88.5 Å². The largest absolute Gasteiger partial charge is 0.318 e. The first-order valence-corrected chi connectivity index (χ1v) is 10.2. The quantitative estimate of drug-likeness (QED) is 0.441. The lowest BCUT2D eigenvalue weighted by atomic mass is 10.0. The molecule has 4 rings (SSSR count). The predicted molar refractivity (Wildman–Crippen MR) is 120 cm³/mol. The maximum atomic E-state index is 9.39. The molecule has 0 spiro atoms. The molecule has 4 heteroatoms. The molecule has 4 nitrogen and oxygen atoms in total. The minimum absolute atomic E-state index is 0.672. The number of benzene rings is 2. The Bertz CT molecular complexity index is 1270. The number of aromatic nitrogens is 3. The maximum absolute atomic E-state index is 9.39. The lowest BCUT2D eigenvalue weighted by Crippen LogP contribution is -2.29. The number of aryl methyl sites for hydroxylation is 6. The highest BCUT2D eigenvalue weighted by atomic mass is 15.1. The molecule has 0 unspecified atom stereocenters. The zero-order valence-corrected chi connectivity index (χ0v) is 18.5. The molecule has 2 aromatic carbocycles. The summed E-state index contributed by atoms with van der Waals surface area (Å²) in [5, 5.41) is 9.39. The number of nitrogens with zero attached hydrogens (tertiary/aromatic N) is 4. The van der Waals surface area contributed by atoms with Crippen LogP contribution in [-0.2, 0) is 7.05 Å². The number of imidazole rings is 1. The zero-order valence-electron chi connectivity index (χ0n) is 18.5. The molecule has 0 aliphatic carbocycles. The van der Waals surface area contributed by atoms with Crippen molar-refractivity contribution in [1.82, 2.24) is 9.13 Å². The molecule has 0 amide bonds. The van der Waals surface area contributed by atoms with E-state index in [4.69, 9.17) is 0 Å². The molecule has 0 aliphatic heterocycles. The average Bonchev–Trinajstić information content (AvgIpc) is 3.23. The van der Waals surface area contributed by atoms with E-state index in [2.05, 4.69) is 98.1 Å². The SMILES string of the molecule is Cc1ccc(C#N)cc1-c1n(-c2c(C)cc(-n3c(C)ccc3C)cc2C)cc[n+]1C. The Labute approximate surface area is 178 Å². The van der Waals surface area contributed by atoms with Gasteiger partial charge in [0.05, 0.1) is 24.2 Å². The Kier molecular flexibility index (Phi) is 4.83. The summed E-state index contributed by atoms with van der Waals surface area (Å²) in [6, 6.07) is 17.0. The van der Waals surface area contributed by atoms with Gasteiger partial charge >= 0.3 is 0 Å². The zero-order chi connectivity index (χ0) is 21.6. The summed E-state index contributed by atoms with van der Waals surface area (Å²) in [5.74, 6) is 1.07. The summed E-state index contributed by atoms with van der Waals surface area (Å²) in [6.07, 6.45) is 4.18. The van der Waals surface area contributed by atoms with Gasteiger partial charge in [0.1, 0.15) is 18.1 Å². The van der Waals surface area contributed by atoms with Crippen LogP contribution in [0.3, 0.4) is 0 Å². The van der Waals surface area contributed by atoms with Crippen LogP contribution >= 0.6 is 0 Å². The Morgan fingerprint density at radius 3 is 2.07 bits per heavy atom. The van der Waals surface area contributed by atoms with Crippen LogP contribution in [0.4, 0.5) is 0 Å². The third-order valence-corrected chi connectivity index (χ3v) is 5.86. The van der Waals surface area contributed by atoms with Gasteiger partial charge in [0, 0.05) is 17.1 Å². The molecule has 30 heavy (non-hydrogen) atoms. The number of hydrogen-bond donors (Lipinski definition) is 0. The maximum Gasteiger partial charge on any atom is 0.294 e. The van der Waals surface area contributed by atoms with E-state index < -0.39 is 0 Å². The monoisotopic (exact) mass is 395 g/mol. The summed E-state index contributed by atoms with van der Waals surface area (Å²) in [7, 11) is 2.05. The van der Waals surface area contributed by atoms with E-state index in [1.54, 1.807) is 0 Å². The standard InChI is InChI=1S/C26H27N4/c1-17-7-10-22(16-27)15-24(17)26-28(6)11-12-29(26)25-18(2)13-23(14-19(25)3)30-20(4)8-9-21(30)5/h7-15H,1-6H3/q+1. The van der Waals surface area contributed by atoms with E-state index in [-0.39, 0.29) is 0 Å². The van der Waals surface area contributed by atoms with Crippen LogP contribution in [0.25, 0.3) is 22.8 Å². The van der Waals surface area contributed by atoms with Gasteiger partial charge in [-0.25, -0.2) is 4.57 Å².